The lowest BCUT2D eigenvalue weighted by Gasteiger charge is -2.15. The second-order valence-corrected chi connectivity index (χ2v) is 6.64. The Morgan fingerprint density at radius 1 is 1.20 bits per heavy atom. The van der Waals surface area contributed by atoms with Crippen LogP contribution in [0.3, 0.4) is 0 Å². The Morgan fingerprint density at radius 3 is 2.65 bits per heavy atom. The zero-order chi connectivity index (χ0) is 13.9. The third kappa shape index (κ3) is 2.53. The molecule has 0 aliphatic rings. The number of hydrogen-bond donors (Lipinski definition) is 2. The Bertz CT molecular complexity index is 694. The first-order valence-electron chi connectivity index (χ1n) is 5.97. The molecule has 20 heavy (non-hydrogen) atoms. The molecule has 0 saturated heterocycles. The van der Waals surface area contributed by atoms with Gasteiger partial charge in [-0.3, -0.25) is 5.84 Å². The summed E-state index contributed by atoms with van der Waals surface area (Å²) in [5, 5.41) is 8.16. The Kier molecular flexibility index (Phi) is 3.93. The van der Waals surface area contributed by atoms with E-state index >= 15 is 0 Å². The lowest BCUT2D eigenvalue weighted by Crippen LogP contribution is -2.29. The summed E-state index contributed by atoms with van der Waals surface area (Å²) in [4.78, 5) is 1.10. The van der Waals surface area contributed by atoms with E-state index in [4.69, 9.17) is 5.84 Å². The molecule has 5 nitrogen and oxygen atoms in total. The van der Waals surface area contributed by atoms with Gasteiger partial charge in [0.15, 0.2) is 0 Å². The maximum Gasteiger partial charge on any atom is 0.0991 e. The fourth-order valence-corrected chi connectivity index (χ4v) is 3.50. The van der Waals surface area contributed by atoms with Crippen molar-refractivity contribution in [1.82, 2.24) is 20.4 Å². The number of rotatable bonds is 4. The summed E-state index contributed by atoms with van der Waals surface area (Å²) in [6.45, 7) is 0. The van der Waals surface area contributed by atoms with Gasteiger partial charge in [0.25, 0.3) is 0 Å². The van der Waals surface area contributed by atoms with Gasteiger partial charge in [0.2, 0.25) is 0 Å². The Hall–Kier alpha value is -1.54. The van der Waals surface area contributed by atoms with Crippen LogP contribution in [0.5, 0.6) is 0 Å². The van der Waals surface area contributed by atoms with Crippen LogP contribution in [0, 0.1) is 0 Å². The van der Waals surface area contributed by atoms with Crippen molar-refractivity contribution in [3.8, 4) is 5.69 Å². The van der Waals surface area contributed by atoms with Gasteiger partial charge < -0.3 is 0 Å². The molecule has 7 heteroatoms. The molecule has 0 bridgehead atoms. The van der Waals surface area contributed by atoms with E-state index < -0.39 is 0 Å². The smallest absolute Gasteiger partial charge is 0.0991 e. The topological polar surface area (TPSA) is 68.8 Å². The third-order valence-corrected chi connectivity index (χ3v) is 4.61. The molecule has 0 spiro atoms. The zero-order valence-electron chi connectivity index (χ0n) is 10.4. The Balaban J connectivity index is 2.04. The van der Waals surface area contributed by atoms with Gasteiger partial charge in [0, 0.05) is 4.88 Å². The van der Waals surface area contributed by atoms with E-state index in [9.17, 15) is 0 Å². The van der Waals surface area contributed by atoms with Crippen LogP contribution in [-0.2, 0) is 0 Å². The van der Waals surface area contributed by atoms with Crippen molar-refractivity contribution in [2.75, 3.05) is 0 Å². The van der Waals surface area contributed by atoms with Crippen molar-refractivity contribution in [2.45, 2.75) is 6.04 Å². The molecule has 3 aromatic rings. The number of nitrogens with two attached hydrogens (primary N) is 1. The van der Waals surface area contributed by atoms with Crippen LogP contribution < -0.4 is 11.3 Å². The number of thiophene rings is 1. The van der Waals surface area contributed by atoms with Crippen molar-refractivity contribution in [3.63, 3.8) is 0 Å². The van der Waals surface area contributed by atoms with Crippen molar-refractivity contribution in [2.24, 2.45) is 5.84 Å². The average molecular weight is 350 g/mol. The predicted molar refractivity (Wildman–Crippen MR) is 82.5 cm³/mol. The van der Waals surface area contributed by atoms with Crippen LogP contribution in [0.4, 0.5) is 0 Å². The van der Waals surface area contributed by atoms with Gasteiger partial charge in [0.05, 0.1) is 27.4 Å². The van der Waals surface area contributed by atoms with Crippen LogP contribution in [0.2, 0.25) is 0 Å². The fraction of sp³-hybridized carbons (Fsp3) is 0.0769. The molecular weight excluding hydrogens is 338 g/mol. The molecule has 3 rings (SSSR count). The molecule has 2 heterocycles. The lowest BCUT2D eigenvalue weighted by atomic mass is 10.2. The maximum atomic E-state index is 5.72. The van der Waals surface area contributed by atoms with E-state index in [0.717, 1.165) is 20.0 Å². The van der Waals surface area contributed by atoms with E-state index in [2.05, 4.69) is 31.7 Å². The first-order valence-corrected chi connectivity index (χ1v) is 7.58. The quantitative estimate of drug-likeness (QED) is 0.561. The monoisotopic (exact) mass is 349 g/mol. The summed E-state index contributed by atoms with van der Waals surface area (Å²) in [5.41, 5.74) is 4.68. The van der Waals surface area contributed by atoms with Crippen LogP contribution in [0.1, 0.15) is 16.6 Å². The summed E-state index contributed by atoms with van der Waals surface area (Å²) in [5.74, 6) is 5.72. The summed E-state index contributed by atoms with van der Waals surface area (Å²) >= 11 is 5.10. The number of nitrogens with zero attached hydrogens (tertiary/aromatic N) is 3. The molecule has 3 N–H and O–H groups in total. The summed E-state index contributed by atoms with van der Waals surface area (Å²) in [7, 11) is 0. The number of nitrogens with one attached hydrogen (secondary N) is 1. The first-order chi connectivity index (χ1) is 9.79. The van der Waals surface area contributed by atoms with E-state index in [1.54, 1.807) is 22.2 Å². The molecule has 0 aliphatic carbocycles. The number of halogens is 1. The molecule has 0 radical (unpaired) electrons. The molecule has 1 aromatic carbocycles. The van der Waals surface area contributed by atoms with Crippen LogP contribution in [-0.4, -0.2) is 15.0 Å². The second kappa shape index (κ2) is 5.84. The highest BCUT2D eigenvalue weighted by Crippen LogP contribution is 2.31. The molecule has 0 amide bonds. The zero-order valence-corrected chi connectivity index (χ0v) is 12.8. The van der Waals surface area contributed by atoms with Crippen LogP contribution >= 0.6 is 27.3 Å². The van der Waals surface area contributed by atoms with Gasteiger partial charge in [-0.2, -0.15) is 0 Å². The van der Waals surface area contributed by atoms with Gasteiger partial charge in [0.1, 0.15) is 0 Å². The normalized spacial score (nSPS) is 12.5. The summed E-state index contributed by atoms with van der Waals surface area (Å²) in [6.07, 6.45) is 1.73. The van der Waals surface area contributed by atoms with E-state index in [0.29, 0.717) is 0 Å². The fourth-order valence-electron chi connectivity index (χ4n) is 2.01. The van der Waals surface area contributed by atoms with Crippen LogP contribution in [0.25, 0.3) is 5.69 Å². The van der Waals surface area contributed by atoms with Crippen molar-refractivity contribution in [1.29, 1.82) is 0 Å². The highest BCUT2D eigenvalue weighted by atomic mass is 79.9. The van der Waals surface area contributed by atoms with E-state index in [-0.39, 0.29) is 6.04 Å². The molecule has 0 saturated carbocycles. The largest absolute Gasteiger partial charge is 0.270 e. The summed E-state index contributed by atoms with van der Waals surface area (Å²) < 4.78 is 2.85. The number of benzene rings is 1. The van der Waals surface area contributed by atoms with Crippen molar-refractivity contribution < 1.29 is 0 Å². The van der Waals surface area contributed by atoms with Crippen molar-refractivity contribution in [3.05, 3.63) is 63.0 Å². The number of aromatic nitrogens is 3. The minimum Gasteiger partial charge on any atom is -0.270 e. The lowest BCUT2D eigenvalue weighted by molar-refractivity contribution is 0.603. The molecule has 1 atom stereocenters. The second-order valence-electron chi connectivity index (χ2n) is 4.15. The summed E-state index contributed by atoms with van der Waals surface area (Å²) in [6, 6.07) is 13.7. The highest BCUT2D eigenvalue weighted by Gasteiger charge is 2.20. The molecule has 2 aromatic heterocycles. The third-order valence-electron chi connectivity index (χ3n) is 2.92. The molecular formula is C13H12BrN5S. The average Bonchev–Trinajstić information content (AvgIpc) is 3.11. The first kappa shape index (κ1) is 13.4. The minimum absolute atomic E-state index is 0.151. The molecule has 0 fully saturated rings. The SMILES string of the molecule is NNC(c1ccc(Br)s1)c1cnnn1-c1ccccc1. The number of hydrogen-bond acceptors (Lipinski definition) is 5. The predicted octanol–water partition coefficient (Wildman–Crippen LogP) is 2.64. The molecule has 102 valence electrons. The van der Waals surface area contributed by atoms with Gasteiger partial charge in [-0.1, -0.05) is 23.4 Å². The highest BCUT2D eigenvalue weighted by molar-refractivity contribution is 9.11. The molecule has 1 unspecified atom stereocenters. The number of para-hydroxylation sites is 1. The van der Waals surface area contributed by atoms with Crippen molar-refractivity contribution >= 4 is 27.3 Å². The number of hydrazine groups is 1. The maximum absolute atomic E-state index is 5.72. The molecule has 0 aliphatic heterocycles. The van der Waals surface area contributed by atoms with Gasteiger partial charge in [-0.15, -0.1) is 16.4 Å². The van der Waals surface area contributed by atoms with Crippen LogP contribution in [0.15, 0.2) is 52.4 Å². The standard InChI is InChI=1S/C13H12BrN5S/c14-12-7-6-11(20-12)13(17-15)10-8-16-18-19(10)9-4-2-1-3-5-9/h1-8,13,17H,15H2. The van der Waals surface area contributed by atoms with E-state index in [1.807, 2.05) is 42.5 Å². The van der Waals surface area contributed by atoms with Gasteiger partial charge >= 0.3 is 0 Å². The van der Waals surface area contributed by atoms with Gasteiger partial charge in [-0.05, 0) is 40.2 Å². The minimum atomic E-state index is -0.151. The van der Waals surface area contributed by atoms with Gasteiger partial charge in [-0.25, -0.2) is 10.1 Å². The Labute approximate surface area is 128 Å². The van der Waals surface area contributed by atoms with E-state index in [1.165, 1.54) is 0 Å². The Morgan fingerprint density at radius 2 is 2.00 bits per heavy atom.